The van der Waals surface area contributed by atoms with Gasteiger partial charge in [-0.3, -0.25) is 5.32 Å². The molecule has 0 atom stereocenters. The minimum atomic E-state index is -1.06. The number of hydrogen-bond donors (Lipinski definition) is 2. The van der Waals surface area contributed by atoms with Gasteiger partial charge < -0.3 is 9.84 Å². The van der Waals surface area contributed by atoms with Gasteiger partial charge in [-0.25, -0.2) is 9.59 Å². The fourth-order valence-corrected chi connectivity index (χ4v) is 1.69. The number of aryl methyl sites for hydroxylation is 1. The number of rotatable bonds is 6. The van der Waals surface area contributed by atoms with Gasteiger partial charge >= 0.3 is 12.1 Å². The van der Waals surface area contributed by atoms with Crippen molar-refractivity contribution in [1.82, 2.24) is 0 Å². The Balaban J connectivity index is 2.91. The molecule has 0 aliphatic carbocycles. The van der Waals surface area contributed by atoms with Crippen LogP contribution >= 0.6 is 0 Å². The Hall–Kier alpha value is -2.04. The van der Waals surface area contributed by atoms with Gasteiger partial charge in [0.2, 0.25) is 0 Å². The van der Waals surface area contributed by atoms with Gasteiger partial charge in [0.25, 0.3) is 0 Å². The van der Waals surface area contributed by atoms with E-state index in [9.17, 15) is 9.59 Å². The standard InChI is InChI=1S/C14H19NO4/c1-3-5-6-10-7-8-12(11(9-10)13(16)17)15-14(18)19-4-2/h7-9H,3-6H2,1-2H3,(H,15,18)(H,16,17). The Bertz CT molecular complexity index is 457. The van der Waals surface area contributed by atoms with E-state index in [1.165, 1.54) is 0 Å². The first kappa shape index (κ1) is 15.0. The molecule has 0 spiro atoms. The van der Waals surface area contributed by atoms with Crippen LogP contribution < -0.4 is 5.32 Å². The van der Waals surface area contributed by atoms with Crippen LogP contribution in [-0.2, 0) is 11.2 Å². The third-order valence-electron chi connectivity index (χ3n) is 2.65. The molecular weight excluding hydrogens is 246 g/mol. The number of carboxylic acid groups (broad SMARTS) is 1. The first-order valence-electron chi connectivity index (χ1n) is 6.38. The highest BCUT2D eigenvalue weighted by atomic mass is 16.5. The van der Waals surface area contributed by atoms with Gasteiger partial charge in [-0.05, 0) is 37.5 Å². The number of benzene rings is 1. The Morgan fingerprint density at radius 3 is 2.63 bits per heavy atom. The zero-order valence-electron chi connectivity index (χ0n) is 11.2. The number of carbonyl (C=O) groups is 2. The van der Waals surface area contributed by atoms with E-state index in [0.29, 0.717) is 0 Å². The molecule has 0 aliphatic rings. The quantitative estimate of drug-likeness (QED) is 0.827. The molecule has 0 saturated heterocycles. The van der Waals surface area contributed by atoms with Crippen molar-refractivity contribution in [3.05, 3.63) is 29.3 Å². The molecule has 2 N–H and O–H groups in total. The van der Waals surface area contributed by atoms with Gasteiger partial charge in [0.05, 0.1) is 17.9 Å². The number of carbonyl (C=O) groups excluding carboxylic acids is 1. The van der Waals surface area contributed by atoms with Crippen LogP contribution in [0.25, 0.3) is 0 Å². The van der Waals surface area contributed by atoms with Gasteiger partial charge in [-0.1, -0.05) is 19.4 Å². The molecule has 0 heterocycles. The van der Waals surface area contributed by atoms with Crippen LogP contribution in [0.1, 0.15) is 42.6 Å². The smallest absolute Gasteiger partial charge is 0.411 e. The van der Waals surface area contributed by atoms with Gasteiger partial charge in [-0.2, -0.15) is 0 Å². The summed E-state index contributed by atoms with van der Waals surface area (Å²) in [7, 11) is 0. The molecule has 1 aromatic carbocycles. The van der Waals surface area contributed by atoms with Crippen LogP contribution in [0.15, 0.2) is 18.2 Å². The highest BCUT2D eigenvalue weighted by Crippen LogP contribution is 2.19. The Morgan fingerprint density at radius 2 is 2.05 bits per heavy atom. The third kappa shape index (κ3) is 4.62. The summed E-state index contributed by atoms with van der Waals surface area (Å²) < 4.78 is 4.73. The molecule has 19 heavy (non-hydrogen) atoms. The van der Waals surface area contributed by atoms with E-state index in [1.807, 2.05) is 6.07 Å². The largest absolute Gasteiger partial charge is 0.478 e. The number of ether oxygens (including phenoxy) is 1. The zero-order chi connectivity index (χ0) is 14.3. The first-order chi connectivity index (χ1) is 9.08. The van der Waals surface area contributed by atoms with Crippen molar-refractivity contribution < 1.29 is 19.4 Å². The maximum absolute atomic E-state index is 11.3. The predicted molar refractivity (Wildman–Crippen MR) is 72.7 cm³/mol. The summed E-state index contributed by atoms with van der Waals surface area (Å²) in [6.45, 7) is 4.00. The fourth-order valence-electron chi connectivity index (χ4n) is 1.69. The van der Waals surface area contributed by atoms with Crippen LogP contribution in [-0.4, -0.2) is 23.8 Å². The number of aromatic carboxylic acids is 1. The third-order valence-corrected chi connectivity index (χ3v) is 2.65. The number of hydrogen-bond acceptors (Lipinski definition) is 3. The number of anilines is 1. The molecule has 0 unspecified atom stereocenters. The highest BCUT2D eigenvalue weighted by Gasteiger charge is 2.13. The minimum absolute atomic E-state index is 0.0849. The topological polar surface area (TPSA) is 75.6 Å². The maximum Gasteiger partial charge on any atom is 0.411 e. The van der Waals surface area contributed by atoms with Crippen LogP contribution in [0.4, 0.5) is 10.5 Å². The second kappa shape index (κ2) is 7.41. The van der Waals surface area contributed by atoms with E-state index < -0.39 is 12.1 Å². The van der Waals surface area contributed by atoms with Crippen molar-refractivity contribution in [2.24, 2.45) is 0 Å². The Labute approximate surface area is 112 Å². The Morgan fingerprint density at radius 1 is 1.32 bits per heavy atom. The molecule has 1 amide bonds. The lowest BCUT2D eigenvalue weighted by molar-refractivity contribution is 0.0698. The number of amides is 1. The van der Waals surface area contributed by atoms with Gasteiger partial charge in [-0.15, -0.1) is 0 Å². The van der Waals surface area contributed by atoms with Crippen molar-refractivity contribution in [2.45, 2.75) is 33.1 Å². The summed E-state index contributed by atoms with van der Waals surface area (Å²) in [6, 6.07) is 5.02. The summed E-state index contributed by atoms with van der Waals surface area (Å²) in [5, 5.41) is 11.6. The minimum Gasteiger partial charge on any atom is -0.478 e. The molecule has 0 aromatic heterocycles. The van der Waals surface area contributed by atoms with Crippen molar-refractivity contribution in [3.8, 4) is 0 Å². The van der Waals surface area contributed by atoms with Crippen molar-refractivity contribution in [2.75, 3.05) is 11.9 Å². The summed E-state index contributed by atoms with van der Waals surface area (Å²) in [5.74, 6) is -1.06. The normalized spacial score (nSPS) is 10.0. The predicted octanol–water partition coefficient (Wildman–Crippen LogP) is 3.30. The van der Waals surface area contributed by atoms with Gasteiger partial charge in [0.15, 0.2) is 0 Å². The summed E-state index contributed by atoms with van der Waals surface area (Å²) in [5.41, 5.74) is 1.29. The van der Waals surface area contributed by atoms with Crippen LogP contribution in [0.5, 0.6) is 0 Å². The number of carboxylic acids is 1. The molecular formula is C14H19NO4. The second-order valence-electron chi connectivity index (χ2n) is 4.13. The lowest BCUT2D eigenvalue weighted by Crippen LogP contribution is -2.16. The molecule has 0 aliphatic heterocycles. The van der Waals surface area contributed by atoms with Crippen molar-refractivity contribution in [3.63, 3.8) is 0 Å². The highest BCUT2D eigenvalue weighted by molar-refractivity contribution is 5.98. The van der Waals surface area contributed by atoms with Crippen LogP contribution in [0.3, 0.4) is 0 Å². The molecule has 0 radical (unpaired) electrons. The van der Waals surface area contributed by atoms with E-state index >= 15 is 0 Å². The monoisotopic (exact) mass is 265 g/mol. The van der Waals surface area contributed by atoms with Crippen molar-refractivity contribution in [1.29, 1.82) is 0 Å². The summed E-state index contributed by atoms with van der Waals surface area (Å²) in [6.07, 6.45) is 2.23. The average Bonchev–Trinajstić information content (AvgIpc) is 2.37. The SMILES string of the molecule is CCCCc1ccc(NC(=O)OCC)c(C(=O)O)c1. The molecule has 1 rings (SSSR count). The van der Waals surface area contributed by atoms with Gasteiger partial charge in [0, 0.05) is 0 Å². The lowest BCUT2D eigenvalue weighted by Gasteiger charge is -2.10. The second-order valence-corrected chi connectivity index (χ2v) is 4.13. The van der Waals surface area contributed by atoms with E-state index in [4.69, 9.17) is 9.84 Å². The fraction of sp³-hybridized carbons (Fsp3) is 0.429. The average molecular weight is 265 g/mol. The molecule has 104 valence electrons. The molecule has 1 aromatic rings. The molecule has 5 heteroatoms. The van der Waals surface area contributed by atoms with Crippen LogP contribution in [0, 0.1) is 0 Å². The molecule has 0 fully saturated rings. The molecule has 0 saturated carbocycles. The van der Waals surface area contributed by atoms with Crippen molar-refractivity contribution >= 4 is 17.7 Å². The van der Waals surface area contributed by atoms with E-state index in [-0.39, 0.29) is 17.9 Å². The molecule has 0 bridgehead atoms. The number of unbranched alkanes of at least 4 members (excludes halogenated alkanes) is 1. The van der Waals surface area contributed by atoms with E-state index in [0.717, 1.165) is 24.8 Å². The number of nitrogens with one attached hydrogen (secondary N) is 1. The first-order valence-corrected chi connectivity index (χ1v) is 6.38. The van der Waals surface area contributed by atoms with E-state index in [2.05, 4.69) is 12.2 Å². The zero-order valence-corrected chi connectivity index (χ0v) is 11.2. The summed E-state index contributed by atoms with van der Waals surface area (Å²) >= 11 is 0. The van der Waals surface area contributed by atoms with Gasteiger partial charge in [0.1, 0.15) is 0 Å². The Kier molecular flexibility index (Phi) is 5.85. The molecule has 5 nitrogen and oxygen atoms in total. The summed E-state index contributed by atoms with van der Waals surface area (Å²) in [4.78, 5) is 22.5. The van der Waals surface area contributed by atoms with E-state index in [1.54, 1.807) is 19.1 Å². The van der Waals surface area contributed by atoms with Crippen LogP contribution in [0.2, 0.25) is 0 Å². The lowest BCUT2D eigenvalue weighted by atomic mass is 10.0. The maximum atomic E-state index is 11.3.